The van der Waals surface area contributed by atoms with Crippen molar-refractivity contribution in [3.05, 3.63) is 41.3 Å². The van der Waals surface area contributed by atoms with E-state index in [0.717, 1.165) is 16.9 Å². The maximum Gasteiger partial charge on any atom is 0.223 e. The highest BCUT2D eigenvalue weighted by Gasteiger charge is 2.07. The lowest BCUT2D eigenvalue weighted by Gasteiger charge is -1.88. The Labute approximate surface area is 95.5 Å². The van der Waals surface area contributed by atoms with Crippen LogP contribution in [0.4, 0.5) is 0 Å². The van der Waals surface area contributed by atoms with Gasteiger partial charge in [-0.05, 0) is 18.2 Å². The first kappa shape index (κ1) is 9.35. The van der Waals surface area contributed by atoms with Gasteiger partial charge in [0.1, 0.15) is 5.82 Å². The van der Waals surface area contributed by atoms with Crippen molar-refractivity contribution >= 4 is 22.6 Å². The Morgan fingerprint density at radius 1 is 1.38 bits per heavy atom. The van der Waals surface area contributed by atoms with Crippen molar-refractivity contribution in [1.29, 1.82) is 0 Å². The van der Waals surface area contributed by atoms with Gasteiger partial charge in [0.2, 0.25) is 12.3 Å². The second-order valence-electron chi connectivity index (χ2n) is 3.35. The molecule has 0 amide bonds. The fraction of sp³-hybridized carbons (Fsp3) is 0.100. The van der Waals surface area contributed by atoms with E-state index >= 15 is 0 Å². The highest BCUT2D eigenvalue weighted by molar-refractivity contribution is 6.31. The first-order chi connectivity index (χ1) is 7.81. The minimum atomic E-state index is 0.492. The number of halogens is 1. The number of imidazole rings is 1. The van der Waals surface area contributed by atoms with Crippen molar-refractivity contribution in [1.82, 2.24) is 20.2 Å². The molecule has 0 aliphatic rings. The van der Waals surface area contributed by atoms with Crippen LogP contribution in [0.3, 0.4) is 0 Å². The second kappa shape index (κ2) is 3.61. The van der Waals surface area contributed by atoms with Gasteiger partial charge < -0.3 is 9.40 Å². The van der Waals surface area contributed by atoms with Crippen LogP contribution in [0, 0.1) is 0 Å². The van der Waals surface area contributed by atoms with E-state index in [9.17, 15) is 0 Å². The molecule has 0 bridgehead atoms. The minimum Gasteiger partial charge on any atom is -0.428 e. The standard InChI is InChI=1S/C10H7ClN4O/c11-6-1-2-7-8(3-6)14-9(13-7)4-10-15-12-5-16-10/h1-3,5H,4H2,(H,13,14). The lowest BCUT2D eigenvalue weighted by atomic mass is 10.3. The molecule has 0 fully saturated rings. The van der Waals surface area contributed by atoms with Crippen LogP contribution < -0.4 is 0 Å². The molecule has 80 valence electrons. The van der Waals surface area contributed by atoms with Gasteiger partial charge in [-0.25, -0.2) is 4.98 Å². The van der Waals surface area contributed by atoms with Crippen molar-refractivity contribution in [2.45, 2.75) is 6.42 Å². The van der Waals surface area contributed by atoms with E-state index in [-0.39, 0.29) is 0 Å². The molecule has 2 aromatic heterocycles. The van der Waals surface area contributed by atoms with E-state index in [0.29, 0.717) is 17.3 Å². The average molecular weight is 235 g/mol. The predicted octanol–water partition coefficient (Wildman–Crippen LogP) is 2.19. The molecule has 6 heteroatoms. The Kier molecular flexibility index (Phi) is 2.11. The third-order valence-electron chi connectivity index (χ3n) is 2.22. The number of nitrogens with one attached hydrogen (secondary N) is 1. The van der Waals surface area contributed by atoms with E-state index in [1.807, 2.05) is 12.1 Å². The first-order valence-electron chi connectivity index (χ1n) is 4.70. The molecule has 2 heterocycles. The van der Waals surface area contributed by atoms with Gasteiger partial charge in [0.05, 0.1) is 17.5 Å². The third-order valence-corrected chi connectivity index (χ3v) is 2.45. The zero-order valence-corrected chi connectivity index (χ0v) is 8.90. The number of aromatic nitrogens is 4. The molecule has 3 rings (SSSR count). The molecule has 0 radical (unpaired) electrons. The number of hydrogen-bond acceptors (Lipinski definition) is 4. The molecular formula is C10H7ClN4O. The summed E-state index contributed by atoms with van der Waals surface area (Å²) in [5, 5.41) is 8.08. The zero-order chi connectivity index (χ0) is 11.0. The van der Waals surface area contributed by atoms with Crippen molar-refractivity contribution in [3.8, 4) is 0 Å². The summed E-state index contributed by atoms with van der Waals surface area (Å²) in [6, 6.07) is 5.51. The monoisotopic (exact) mass is 234 g/mol. The number of hydrogen-bond donors (Lipinski definition) is 1. The van der Waals surface area contributed by atoms with Crippen LogP contribution in [0.15, 0.2) is 29.0 Å². The Hall–Kier alpha value is -1.88. The van der Waals surface area contributed by atoms with Crippen molar-refractivity contribution in [2.24, 2.45) is 0 Å². The van der Waals surface area contributed by atoms with Crippen LogP contribution in [0.1, 0.15) is 11.7 Å². The molecule has 0 spiro atoms. The summed E-state index contributed by atoms with van der Waals surface area (Å²) in [5.74, 6) is 1.31. The lowest BCUT2D eigenvalue weighted by Crippen LogP contribution is -1.90. The number of benzene rings is 1. The Morgan fingerprint density at radius 2 is 2.31 bits per heavy atom. The molecule has 0 aliphatic heterocycles. The molecule has 16 heavy (non-hydrogen) atoms. The number of fused-ring (bicyclic) bond motifs is 1. The topological polar surface area (TPSA) is 67.6 Å². The third kappa shape index (κ3) is 1.65. The summed E-state index contributed by atoms with van der Waals surface area (Å²) >= 11 is 5.88. The fourth-order valence-corrected chi connectivity index (χ4v) is 1.71. The Balaban J connectivity index is 1.99. The first-order valence-corrected chi connectivity index (χ1v) is 5.08. The fourth-order valence-electron chi connectivity index (χ4n) is 1.53. The molecular weight excluding hydrogens is 228 g/mol. The van der Waals surface area contributed by atoms with E-state index in [4.69, 9.17) is 16.0 Å². The van der Waals surface area contributed by atoms with Crippen LogP contribution in [-0.2, 0) is 6.42 Å². The van der Waals surface area contributed by atoms with Crippen LogP contribution in [0.5, 0.6) is 0 Å². The summed E-state index contributed by atoms with van der Waals surface area (Å²) in [4.78, 5) is 7.54. The molecule has 3 aromatic rings. The van der Waals surface area contributed by atoms with Gasteiger partial charge in [0, 0.05) is 5.02 Å². The molecule has 1 N–H and O–H groups in total. The molecule has 0 saturated heterocycles. The van der Waals surface area contributed by atoms with Gasteiger partial charge >= 0.3 is 0 Å². The molecule has 0 aliphatic carbocycles. The van der Waals surface area contributed by atoms with Crippen molar-refractivity contribution in [2.75, 3.05) is 0 Å². The van der Waals surface area contributed by atoms with Gasteiger partial charge in [-0.15, -0.1) is 10.2 Å². The van der Waals surface area contributed by atoms with Crippen LogP contribution in [0.2, 0.25) is 5.02 Å². The van der Waals surface area contributed by atoms with Gasteiger partial charge in [-0.2, -0.15) is 0 Å². The Morgan fingerprint density at radius 3 is 3.12 bits per heavy atom. The SMILES string of the molecule is Clc1ccc2nc(Cc3nnco3)[nH]c2c1. The summed E-state index contributed by atoms with van der Waals surface area (Å²) in [7, 11) is 0. The summed E-state index contributed by atoms with van der Waals surface area (Å²) < 4.78 is 5.05. The van der Waals surface area contributed by atoms with E-state index in [1.54, 1.807) is 6.07 Å². The second-order valence-corrected chi connectivity index (χ2v) is 3.79. The van der Waals surface area contributed by atoms with Crippen LogP contribution in [0.25, 0.3) is 11.0 Å². The van der Waals surface area contributed by atoms with Crippen LogP contribution >= 0.6 is 11.6 Å². The molecule has 1 aromatic carbocycles. The summed E-state index contributed by atoms with van der Waals surface area (Å²) in [6.07, 6.45) is 1.79. The highest BCUT2D eigenvalue weighted by atomic mass is 35.5. The average Bonchev–Trinajstić information content (AvgIpc) is 2.86. The summed E-state index contributed by atoms with van der Waals surface area (Å²) in [6.45, 7) is 0. The number of H-pyrrole nitrogens is 1. The number of nitrogens with zero attached hydrogens (tertiary/aromatic N) is 3. The van der Waals surface area contributed by atoms with Gasteiger partial charge in [0.25, 0.3) is 0 Å². The van der Waals surface area contributed by atoms with Gasteiger partial charge in [-0.3, -0.25) is 0 Å². The maximum absolute atomic E-state index is 5.88. The number of rotatable bonds is 2. The smallest absolute Gasteiger partial charge is 0.223 e. The number of aromatic amines is 1. The quantitative estimate of drug-likeness (QED) is 0.738. The Bertz CT molecular complexity index is 617. The maximum atomic E-state index is 5.88. The molecule has 5 nitrogen and oxygen atoms in total. The summed E-state index contributed by atoms with van der Waals surface area (Å²) in [5.41, 5.74) is 1.78. The van der Waals surface area contributed by atoms with E-state index in [1.165, 1.54) is 6.39 Å². The van der Waals surface area contributed by atoms with Gasteiger partial charge in [-0.1, -0.05) is 11.6 Å². The van der Waals surface area contributed by atoms with Crippen molar-refractivity contribution < 1.29 is 4.42 Å². The van der Waals surface area contributed by atoms with E-state index in [2.05, 4.69) is 20.2 Å². The molecule has 0 atom stereocenters. The normalized spacial score (nSPS) is 11.1. The highest BCUT2D eigenvalue weighted by Crippen LogP contribution is 2.17. The zero-order valence-electron chi connectivity index (χ0n) is 8.14. The molecule has 0 saturated carbocycles. The lowest BCUT2D eigenvalue weighted by molar-refractivity contribution is 0.502. The predicted molar refractivity (Wildman–Crippen MR) is 58.2 cm³/mol. The van der Waals surface area contributed by atoms with Crippen LogP contribution in [-0.4, -0.2) is 20.2 Å². The molecule has 0 unspecified atom stereocenters. The van der Waals surface area contributed by atoms with Crippen molar-refractivity contribution in [3.63, 3.8) is 0 Å². The largest absolute Gasteiger partial charge is 0.428 e. The minimum absolute atomic E-state index is 0.492. The van der Waals surface area contributed by atoms with Gasteiger partial charge in [0.15, 0.2) is 0 Å². The van der Waals surface area contributed by atoms with E-state index < -0.39 is 0 Å².